The number of anilines is 1. The van der Waals surface area contributed by atoms with Crippen LogP contribution in [0.15, 0.2) is 42.5 Å². The van der Waals surface area contributed by atoms with Crippen molar-refractivity contribution in [3.63, 3.8) is 0 Å². The van der Waals surface area contributed by atoms with Crippen molar-refractivity contribution in [2.75, 3.05) is 18.9 Å². The van der Waals surface area contributed by atoms with E-state index in [9.17, 15) is 19.7 Å². The lowest BCUT2D eigenvalue weighted by molar-refractivity contribution is -0.383. The summed E-state index contributed by atoms with van der Waals surface area (Å²) in [5, 5.41) is 13.5. The van der Waals surface area contributed by atoms with Crippen LogP contribution < -0.4 is 11.1 Å². The molecular weight excluding hydrogens is 362 g/mol. The zero-order chi connectivity index (χ0) is 20.7. The number of nitrogens with zero attached hydrogens (tertiary/aromatic N) is 1. The van der Waals surface area contributed by atoms with Gasteiger partial charge in [-0.2, -0.15) is 0 Å². The standard InChI is InChI=1S/C20H23N3O5/c1-13(2)15-5-3-14(4-6-15)9-10-22-19(24)12-28-20(25)16-7-8-17(21)18(11-16)23(26)27/h3-8,11,13H,9-10,12,21H2,1-2H3,(H,22,24). The van der Waals surface area contributed by atoms with E-state index in [0.29, 0.717) is 18.9 Å². The van der Waals surface area contributed by atoms with Gasteiger partial charge in [-0.15, -0.1) is 0 Å². The number of carbonyl (C=O) groups is 2. The monoisotopic (exact) mass is 385 g/mol. The summed E-state index contributed by atoms with van der Waals surface area (Å²) in [4.78, 5) is 33.9. The smallest absolute Gasteiger partial charge is 0.338 e. The Morgan fingerprint density at radius 1 is 1.18 bits per heavy atom. The highest BCUT2D eigenvalue weighted by Gasteiger charge is 2.17. The molecule has 0 atom stereocenters. The number of esters is 1. The highest BCUT2D eigenvalue weighted by Crippen LogP contribution is 2.22. The third-order valence-electron chi connectivity index (χ3n) is 4.18. The molecule has 8 nitrogen and oxygen atoms in total. The molecule has 0 aromatic heterocycles. The van der Waals surface area contributed by atoms with Crippen LogP contribution in [0.5, 0.6) is 0 Å². The van der Waals surface area contributed by atoms with Crippen molar-refractivity contribution in [3.05, 3.63) is 69.3 Å². The van der Waals surface area contributed by atoms with Gasteiger partial charge in [0, 0.05) is 12.6 Å². The second kappa shape index (κ2) is 9.50. The van der Waals surface area contributed by atoms with Crippen LogP contribution in [0.2, 0.25) is 0 Å². The van der Waals surface area contributed by atoms with Crippen molar-refractivity contribution in [2.24, 2.45) is 0 Å². The fourth-order valence-corrected chi connectivity index (χ4v) is 2.51. The predicted molar refractivity (Wildman–Crippen MR) is 105 cm³/mol. The largest absolute Gasteiger partial charge is 0.452 e. The van der Waals surface area contributed by atoms with E-state index in [1.54, 1.807) is 0 Å². The molecular formula is C20H23N3O5. The van der Waals surface area contributed by atoms with E-state index in [1.165, 1.54) is 17.7 Å². The molecule has 0 fully saturated rings. The Bertz CT molecular complexity index is 863. The van der Waals surface area contributed by atoms with Gasteiger partial charge in [-0.3, -0.25) is 14.9 Å². The Hall–Kier alpha value is -3.42. The van der Waals surface area contributed by atoms with E-state index < -0.39 is 23.4 Å². The number of hydrogen-bond donors (Lipinski definition) is 2. The van der Waals surface area contributed by atoms with Crippen LogP contribution in [0.3, 0.4) is 0 Å². The van der Waals surface area contributed by atoms with E-state index in [4.69, 9.17) is 10.5 Å². The van der Waals surface area contributed by atoms with Gasteiger partial charge in [0.1, 0.15) is 5.69 Å². The van der Waals surface area contributed by atoms with Crippen molar-refractivity contribution >= 4 is 23.3 Å². The molecule has 2 aromatic rings. The average molecular weight is 385 g/mol. The summed E-state index contributed by atoms with van der Waals surface area (Å²) < 4.78 is 4.89. The first-order valence-corrected chi connectivity index (χ1v) is 8.84. The molecule has 28 heavy (non-hydrogen) atoms. The second-order valence-electron chi connectivity index (χ2n) is 6.60. The summed E-state index contributed by atoms with van der Waals surface area (Å²) in [6, 6.07) is 11.8. The molecule has 0 aliphatic heterocycles. The normalized spacial score (nSPS) is 10.5. The maximum absolute atomic E-state index is 12.0. The summed E-state index contributed by atoms with van der Waals surface area (Å²) in [6.45, 7) is 4.19. The summed E-state index contributed by atoms with van der Waals surface area (Å²) in [6.07, 6.45) is 0.655. The van der Waals surface area contributed by atoms with Crippen molar-refractivity contribution in [2.45, 2.75) is 26.2 Å². The third-order valence-corrected chi connectivity index (χ3v) is 4.18. The van der Waals surface area contributed by atoms with Crippen LogP contribution in [0.1, 0.15) is 41.3 Å². The van der Waals surface area contributed by atoms with Gasteiger partial charge in [-0.25, -0.2) is 4.79 Å². The molecule has 0 heterocycles. The number of benzene rings is 2. The first-order valence-electron chi connectivity index (χ1n) is 8.84. The van der Waals surface area contributed by atoms with Gasteiger partial charge in [-0.1, -0.05) is 38.1 Å². The minimum absolute atomic E-state index is 0.0426. The summed E-state index contributed by atoms with van der Waals surface area (Å²) in [5.41, 5.74) is 7.34. The van der Waals surface area contributed by atoms with Crippen molar-refractivity contribution < 1.29 is 19.2 Å². The zero-order valence-corrected chi connectivity index (χ0v) is 15.8. The second-order valence-corrected chi connectivity index (χ2v) is 6.60. The minimum atomic E-state index is -0.831. The molecule has 0 unspecified atom stereocenters. The lowest BCUT2D eigenvalue weighted by atomic mass is 10.0. The average Bonchev–Trinajstić information content (AvgIpc) is 2.66. The van der Waals surface area contributed by atoms with Gasteiger partial charge in [0.15, 0.2) is 6.61 Å². The van der Waals surface area contributed by atoms with Gasteiger partial charge in [0.2, 0.25) is 0 Å². The van der Waals surface area contributed by atoms with Crippen LogP contribution in [-0.4, -0.2) is 30.0 Å². The SMILES string of the molecule is CC(C)c1ccc(CCNC(=O)COC(=O)c2ccc(N)c([N+](=O)[O-])c2)cc1. The van der Waals surface area contributed by atoms with Crippen LogP contribution in [0.25, 0.3) is 0 Å². The number of nitrogens with two attached hydrogens (primary N) is 1. The minimum Gasteiger partial charge on any atom is -0.452 e. The number of amides is 1. The number of hydrogen-bond acceptors (Lipinski definition) is 6. The molecule has 1 amide bonds. The van der Waals surface area contributed by atoms with Gasteiger partial charge in [0.05, 0.1) is 10.5 Å². The highest BCUT2D eigenvalue weighted by molar-refractivity contribution is 5.92. The van der Waals surface area contributed by atoms with E-state index in [-0.39, 0.29) is 16.9 Å². The molecule has 2 aromatic carbocycles. The quantitative estimate of drug-likeness (QED) is 0.312. The van der Waals surface area contributed by atoms with Crippen LogP contribution in [0, 0.1) is 10.1 Å². The zero-order valence-electron chi connectivity index (χ0n) is 15.8. The number of rotatable bonds is 8. The number of carbonyl (C=O) groups excluding carboxylic acids is 2. The lowest BCUT2D eigenvalue weighted by Crippen LogP contribution is -2.30. The Kier molecular flexibility index (Phi) is 7.08. The topological polar surface area (TPSA) is 125 Å². The fraction of sp³-hybridized carbons (Fsp3) is 0.300. The van der Waals surface area contributed by atoms with Crippen molar-refractivity contribution in [1.29, 1.82) is 0 Å². The maximum atomic E-state index is 12.0. The van der Waals surface area contributed by atoms with Gasteiger partial charge >= 0.3 is 5.97 Å². The van der Waals surface area contributed by atoms with E-state index in [2.05, 4.69) is 31.3 Å². The number of nitrogen functional groups attached to an aromatic ring is 1. The molecule has 0 radical (unpaired) electrons. The van der Waals surface area contributed by atoms with Crippen LogP contribution in [0.4, 0.5) is 11.4 Å². The Morgan fingerprint density at radius 3 is 2.46 bits per heavy atom. The fourth-order valence-electron chi connectivity index (χ4n) is 2.51. The summed E-state index contributed by atoms with van der Waals surface area (Å²) >= 11 is 0. The third kappa shape index (κ3) is 5.80. The molecule has 0 bridgehead atoms. The van der Waals surface area contributed by atoms with Crippen LogP contribution in [-0.2, 0) is 16.0 Å². The molecule has 8 heteroatoms. The van der Waals surface area contributed by atoms with Gasteiger partial charge < -0.3 is 15.8 Å². The Balaban J connectivity index is 1.78. The van der Waals surface area contributed by atoms with Crippen molar-refractivity contribution in [1.82, 2.24) is 5.32 Å². The number of nitro groups is 1. The molecule has 0 aliphatic rings. The first-order chi connectivity index (χ1) is 13.3. The van der Waals surface area contributed by atoms with E-state index >= 15 is 0 Å². The number of ether oxygens (including phenoxy) is 1. The number of nitro benzene ring substituents is 1. The Labute approximate surface area is 162 Å². The van der Waals surface area contributed by atoms with Gasteiger partial charge in [0.25, 0.3) is 11.6 Å². The lowest BCUT2D eigenvalue weighted by Gasteiger charge is -2.09. The molecule has 0 saturated heterocycles. The maximum Gasteiger partial charge on any atom is 0.338 e. The molecule has 3 N–H and O–H groups in total. The van der Waals surface area contributed by atoms with Crippen LogP contribution >= 0.6 is 0 Å². The van der Waals surface area contributed by atoms with E-state index in [1.807, 2.05) is 12.1 Å². The molecule has 2 rings (SSSR count). The molecule has 148 valence electrons. The Morgan fingerprint density at radius 2 is 1.86 bits per heavy atom. The number of nitrogens with one attached hydrogen (secondary N) is 1. The molecule has 0 saturated carbocycles. The molecule has 0 spiro atoms. The van der Waals surface area contributed by atoms with Gasteiger partial charge in [-0.05, 0) is 35.6 Å². The summed E-state index contributed by atoms with van der Waals surface area (Å²) in [7, 11) is 0. The summed E-state index contributed by atoms with van der Waals surface area (Å²) in [5.74, 6) is -0.814. The van der Waals surface area contributed by atoms with E-state index in [0.717, 1.165) is 11.6 Å². The molecule has 0 aliphatic carbocycles. The van der Waals surface area contributed by atoms with Crippen molar-refractivity contribution in [3.8, 4) is 0 Å². The predicted octanol–water partition coefficient (Wildman–Crippen LogP) is 2.82. The highest BCUT2D eigenvalue weighted by atomic mass is 16.6. The first kappa shape index (κ1) is 20.9.